The minimum atomic E-state index is -1.38. The Morgan fingerprint density at radius 2 is 0.788 bits per heavy atom. The Kier molecular flexibility index (Phi) is 9.22. The van der Waals surface area contributed by atoms with E-state index in [4.69, 9.17) is 15.0 Å². The quantitative estimate of drug-likeness (QED) is 0.118. The van der Waals surface area contributed by atoms with Crippen molar-refractivity contribution in [1.29, 1.82) is 0 Å². The lowest BCUT2D eigenvalue weighted by atomic mass is 9.94. The summed E-state index contributed by atoms with van der Waals surface area (Å²) in [5, 5.41) is 4.05. The van der Waals surface area contributed by atoms with Crippen molar-refractivity contribution in [2.45, 2.75) is 20.8 Å². The van der Waals surface area contributed by atoms with Crippen LogP contribution in [0.25, 0.3) is 56.4 Å². The summed E-state index contributed by atoms with van der Waals surface area (Å²) in [7, 11) is -1.38. The molecule has 1 radical (unpaired) electrons. The molecule has 0 bridgehead atoms. The van der Waals surface area contributed by atoms with Crippen LogP contribution in [-0.4, -0.2) is 23.7 Å². The van der Waals surface area contributed by atoms with Crippen LogP contribution >= 0.6 is 0 Å². The average molecular weight is 685 g/mol. The molecule has 7 aromatic carbocycles. The zero-order valence-electron chi connectivity index (χ0n) is 29.6. The van der Waals surface area contributed by atoms with Crippen LogP contribution in [0.1, 0.15) is 16.7 Å². The Bertz CT molecular complexity index is 2410. The normalized spacial score (nSPS) is 11.2. The molecule has 1 aromatic heterocycles. The van der Waals surface area contributed by atoms with Crippen LogP contribution in [0.3, 0.4) is 0 Å². The SMILES string of the molecule is Cc1ccc([Si](c2ccc(C)cc2)c2ccccc2-c2c(C)cccc2-c2nc(-c3ccccc3)nc(-c3ccc(-c4ccccc4)cc3)n2)cc1. The van der Waals surface area contributed by atoms with Crippen molar-refractivity contribution in [1.82, 2.24) is 15.0 Å². The van der Waals surface area contributed by atoms with E-state index in [0.717, 1.165) is 27.8 Å². The minimum Gasteiger partial charge on any atom is -0.208 e. The lowest BCUT2D eigenvalue weighted by Gasteiger charge is -2.23. The number of nitrogens with zero attached hydrogens (tertiary/aromatic N) is 3. The molecule has 0 atom stereocenters. The highest BCUT2D eigenvalue weighted by Crippen LogP contribution is 2.35. The molecule has 0 saturated heterocycles. The van der Waals surface area contributed by atoms with Crippen molar-refractivity contribution in [3.8, 4) is 56.4 Å². The summed E-state index contributed by atoms with van der Waals surface area (Å²) >= 11 is 0. The first-order valence-electron chi connectivity index (χ1n) is 17.7. The molecule has 0 fully saturated rings. The summed E-state index contributed by atoms with van der Waals surface area (Å²) < 4.78 is 0. The van der Waals surface area contributed by atoms with E-state index in [1.165, 1.54) is 43.4 Å². The molecule has 3 nitrogen and oxygen atoms in total. The first-order chi connectivity index (χ1) is 25.5. The lowest BCUT2D eigenvalue weighted by Crippen LogP contribution is -2.52. The lowest BCUT2D eigenvalue weighted by molar-refractivity contribution is 1.07. The maximum Gasteiger partial charge on any atom is 0.164 e. The van der Waals surface area contributed by atoms with Gasteiger partial charge < -0.3 is 0 Å². The number of benzene rings is 7. The Morgan fingerprint density at radius 1 is 0.346 bits per heavy atom. The van der Waals surface area contributed by atoms with Crippen LogP contribution in [0.2, 0.25) is 0 Å². The number of rotatable bonds is 8. The molecule has 4 heteroatoms. The molecule has 8 rings (SSSR count). The third kappa shape index (κ3) is 6.77. The zero-order valence-corrected chi connectivity index (χ0v) is 30.6. The Balaban J connectivity index is 1.31. The maximum absolute atomic E-state index is 5.23. The molecule has 0 spiro atoms. The fourth-order valence-corrected chi connectivity index (χ4v) is 9.53. The van der Waals surface area contributed by atoms with Gasteiger partial charge in [0, 0.05) is 16.7 Å². The van der Waals surface area contributed by atoms with Crippen molar-refractivity contribution in [2.75, 3.05) is 0 Å². The van der Waals surface area contributed by atoms with Gasteiger partial charge in [-0.2, -0.15) is 0 Å². The number of hydrogen-bond donors (Lipinski definition) is 0. The van der Waals surface area contributed by atoms with Gasteiger partial charge in [-0.25, -0.2) is 15.0 Å². The maximum atomic E-state index is 5.23. The van der Waals surface area contributed by atoms with Gasteiger partial charge in [-0.05, 0) is 53.8 Å². The summed E-state index contributed by atoms with van der Waals surface area (Å²) in [4.78, 5) is 15.5. The van der Waals surface area contributed by atoms with Crippen LogP contribution in [0.15, 0.2) is 176 Å². The summed E-state index contributed by atoms with van der Waals surface area (Å²) in [6.07, 6.45) is 0. The predicted molar refractivity (Wildman–Crippen MR) is 219 cm³/mol. The highest BCUT2D eigenvalue weighted by atomic mass is 28.3. The molecular weight excluding hydrogens is 647 g/mol. The standard InChI is InChI=1S/C48H38N3Si/c1-33-21-29-40(30-22-33)52(41-31-23-34(2)24-32-41)44-20-11-10-18-42(44)45-35(3)13-12-19-43(45)48-50-46(38-16-8-5-9-17-38)49-47(51-48)39-27-25-37(26-28-39)36-14-6-4-7-15-36/h4-32H,1-3H3. The smallest absolute Gasteiger partial charge is 0.164 e. The highest BCUT2D eigenvalue weighted by Gasteiger charge is 2.26. The van der Waals surface area contributed by atoms with Crippen molar-refractivity contribution < 1.29 is 0 Å². The van der Waals surface area contributed by atoms with Gasteiger partial charge in [-0.3, -0.25) is 0 Å². The van der Waals surface area contributed by atoms with Crippen molar-refractivity contribution in [3.05, 3.63) is 193 Å². The molecule has 0 unspecified atom stereocenters. The number of aromatic nitrogens is 3. The van der Waals surface area contributed by atoms with Crippen LogP contribution in [0, 0.1) is 20.8 Å². The fourth-order valence-electron chi connectivity index (χ4n) is 6.83. The van der Waals surface area contributed by atoms with Gasteiger partial charge in [0.2, 0.25) is 0 Å². The topological polar surface area (TPSA) is 38.7 Å². The van der Waals surface area contributed by atoms with E-state index in [2.05, 4.69) is 172 Å². The van der Waals surface area contributed by atoms with Crippen molar-refractivity contribution >= 4 is 24.4 Å². The average Bonchev–Trinajstić information content (AvgIpc) is 3.20. The Hall–Kier alpha value is -6.23. The fraction of sp³-hybridized carbons (Fsp3) is 0.0625. The molecule has 8 aromatic rings. The van der Waals surface area contributed by atoms with Crippen LogP contribution in [0.5, 0.6) is 0 Å². The van der Waals surface area contributed by atoms with E-state index in [9.17, 15) is 0 Å². The van der Waals surface area contributed by atoms with Gasteiger partial charge in [-0.15, -0.1) is 0 Å². The van der Waals surface area contributed by atoms with Gasteiger partial charge in [0.15, 0.2) is 26.3 Å². The molecule has 0 saturated carbocycles. The molecule has 0 N–H and O–H groups in total. The van der Waals surface area contributed by atoms with Gasteiger partial charge in [0.25, 0.3) is 0 Å². The second kappa shape index (κ2) is 14.6. The molecule has 0 amide bonds. The number of aryl methyl sites for hydroxylation is 3. The second-order valence-corrected chi connectivity index (χ2v) is 15.7. The van der Waals surface area contributed by atoms with E-state index < -0.39 is 8.80 Å². The van der Waals surface area contributed by atoms with Gasteiger partial charge in [0.1, 0.15) is 0 Å². The summed E-state index contributed by atoms with van der Waals surface area (Å²) in [6.45, 7) is 6.50. The third-order valence-electron chi connectivity index (χ3n) is 9.58. The van der Waals surface area contributed by atoms with Crippen molar-refractivity contribution in [3.63, 3.8) is 0 Å². The summed E-state index contributed by atoms with van der Waals surface area (Å²) in [5.41, 5.74) is 11.3. The Labute approximate surface area is 308 Å². The molecule has 249 valence electrons. The van der Waals surface area contributed by atoms with Crippen molar-refractivity contribution in [2.24, 2.45) is 0 Å². The molecule has 1 heterocycles. The molecule has 52 heavy (non-hydrogen) atoms. The first kappa shape index (κ1) is 32.9. The van der Waals surface area contributed by atoms with Crippen LogP contribution in [0.4, 0.5) is 0 Å². The zero-order chi connectivity index (χ0) is 35.4. The van der Waals surface area contributed by atoms with E-state index in [0.29, 0.717) is 17.5 Å². The second-order valence-electron chi connectivity index (χ2n) is 13.3. The first-order valence-corrected chi connectivity index (χ1v) is 19.2. The summed E-state index contributed by atoms with van der Waals surface area (Å²) in [5.74, 6) is 1.95. The third-order valence-corrected chi connectivity index (χ3v) is 12.4. The van der Waals surface area contributed by atoms with Crippen LogP contribution < -0.4 is 15.6 Å². The Morgan fingerprint density at radius 3 is 1.38 bits per heavy atom. The minimum absolute atomic E-state index is 0.647. The summed E-state index contributed by atoms with van der Waals surface area (Å²) in [6, 6.07) is 62.7. The van der Waals surface area contributed by atoms with Gasteiger partial charge in [-0.1, -0.05) is 197 Å². The van der Waals surface area contributed by atoms with E-state index in [-0.39, 0.29) is 0 Å². The van der Waals surface area contributed by atoms with E-state index >= 15 is 0 Å². The van der Waals surface area contributed by atoms with Gasteiger partial charge >= 0.3 is 0 Å². The molecule has 0 aliphatic rings. The molecular formula is C48H38N3Si. The van der Waals surface area contributed by atoms with Crippen LogP contribution in [-0.2, 0) is 0 Å². The van der Waals surface area contributed by atoms with E-state index in [1.807, 2.05) is 24.3 Å². The van der Waals surface area contributed by atoms with Gasteiger partial charge in [0.05, 0.1) is 0 Å². The highest BCUT2D eigenvalue weighted by molar-refractivity contribution is 6.96. The molecule has 0 aliphatic heterocycles. The molecule has 0 aliphatic carbocycles. The predicted octanol–water partition coefficient (Wildman–Crippen LogP) is 9.65. The monoisotopic (exact) mass is 684 g/mol. The largest absolute Gasteiger partial charge is 0.208 e. The van der Waals surface area contributed by atoms with E-state index in [1.54, 1.807) is 0 Å². The number of hydrogen-bond acceptors (Lipinski definition) is 3.